The number of rotatable bonds is 2. The van der Waals surface area contributed by atoms with Crippen LogP contribution in [0.5, 0.6) is 11.5 Å². The van der Waals surface area contributed by atoms with Crippen LogP contribution in [-0.4, -0.2) is 133 Å². The minimum absolute atomic E-state index is 0.250. The number of benzene rings is 2. The summed E-state index contributed by atoms with van der Waals surface area (Å²) in [5.74, 6) is 1.36. The van der Waals surface area contributed by atoms with Crippen LogP contribution in [0, 0.1) is 0 Å². The van der Waals surface area contributed by atoms with E-state index in [-0.39, 0.29) is 12.3 Å². The fourth-order valence-corrected chi connectivity index (χ4v) is 4.53. The van der Waals surface area contributed by atoms with Crippen LogP contribution >= 0.6 is 12.2 Å². The zero-order valence-corrected chi connectivity index (χ0v) is 26.6. The number of hydrogen-bond acceptors (Lipinski definition) is 13. The van der Waals surface area contributed by atoms with Crippen LogP contribution in [0.1, 0.15) is 0 Å². The van der Waals surface area contributed by atoms with Crippen molar-refractivity contribution in [3.63, 3.8) is 0 Å². The average Bonchev–Trinajstić information content (AvgIpc) is 3.04. The number of nitrogens with zero attached hydrogens (tertiary/aromatic N) is 2. The van der Waals surface area contributed by atoms with E-state index in [2.05, 4.69) is 20.4 Å². The second-order valence-electron chi connectivity index (χ2n) is 9.60. The Morgan fingerprint density at radius 3 is 1.43 bits per heavy atom. The van der Waals surface area contributed by atoms with Crippen molar-refractivity contribution in [3.05, 3.63) is 48.5 Å². The fraction of sp³-hybridized carbons (Fsp3) is 0.516. The number of fused-ring (bicyclic) bond motifs is 18. The molecule has 0 spiro atoms. The highest BCUT2D eigenvalue weighted by molar-refractivity contribution is 7.80. The van der Waals surface area contributed by atoms with Crippen LogP contribution in [0.25, 0.3) is 0 Å². The normalized spacial score (nSPS) is 19.9. The maximum absolute atomic E-state index is 8.12. The summed E-state index contributed by atoms with van der Waals surface area (Å²) in [5.41, 5.74) is 1.73. The molecular formula is C31H42N4O10S. The second-order valence-corrected chi connectivity index (χ2v) is 10.0. The van der Waals surface area contributed by atoms with E-state index in [1.165, 1.54) is 0 Å². The predicted molar refractivity (Wildman–Crippen MR) is 170 cm³/mol. The lowest BCUT2D eigenvalue weighted by atomic mass is 10.2. The maximum Gasteiger partial charge on any atom is 0.373 e. The molecule has 1 fully saturated rings. The molecule has 252 valence electrons. The van der Waals surface area contributed by atoms with Crippen molar-refractivity contribution < 1.29 is 47.6 Å². The van der Waals surface area contributed by atoms with Crippen molar-refractivity contribution in [3.8, 4) is 11.5 Å². The summed E-state index contributed by atoms with van der Waals surface area (Å²) in [6.45, 7) is 10.4. The number of para-hydroxylation sites is 1. The number of ether oxygens (including phenoxy) is 6. The van der Waals surface area contributed by atoms with Gasteiger partial charge in [0.25, 0.3) is 0 Å². The van der Waals surface area contributed by atoms with Crippen molar-refractivity contribution >= 4 is 41.0 Å². The largest absolute Gasteiger partial charge is 0.488 e. The predicted octanol–water partition coefficient (Wildman–Crippen LogP) is 1.78. The summed E-state index contributed by atoms with van der Waals surface area (Å²) in [7, 11) is 0. The van der Waals surface area contributed by atoms with Crippen molar-refractivity contribution in [1.82, 2.24) is 9.80 Å². The van der Waals surface area contributed by atoms with Crippen molar-refractivity contribution in [2.45, 2.75) is 0 Å². The highest BCUT2D eigenvalue weighted by atomic mass is 32.1. The first kappa shape index (κ1) is 38.4. The Morgan fingerprint density at radius 2 is 0.957 bits per heavy atom. The molecule has 2 aromatic carbocycles. The summed E-state index contributed by atoms with van der Waals surface area (Å²) < 4.78 is 35.8. The molecule has 0 saturated carbocycles. The average molecular weight is 663 g/mol. The lowest BCUT2D eigenvalue weighted by Gasteiger charge is -2.25. The van der Waals surface area contributed by atoms with Gasteiger partial charge in [-0.1, -0.05) is 18.2 Å². The van der Waals surface area contributed by atoms with Crippen molar-refractivity contribution in [2.75, 3.05) is 116 Å². The molecule has 2 bridgehead atoms. The number of anilines is 2. The monoisotopic (exact) mass is 662 g/mol. The first-order valence-corrected chi connectivity index (χ1v) is 15.3. The molecule has 15 heteroatoms. The number of carbonyl (C=O) groups excluding carboxylic acids is 4. The molecule has 46 heavy (non-hydrogen) atoms. The van der Waals surface area contributed by atoms with E-state index in [4.69, 9.17) is 59.8 Å². The molecule has 0 aliphatic carbocycles. The first-order valence-electron chi connectivity index (χ1n) is 14.9. The van der Waals surface area contributed by atoms with Gasteiger partial charge >= 0.3 is 12.3 Å². The van der Waals surface area contributed by atoms with Crippen molar-refractivity contribution in [1.29, 1.82) is 0 Å². The molecule has 3 aliphatic heterocycles. The summed E-state index contributed by atoms with van der Waals surface area (Å²) >= 11 is 5.52. The van der Waals surface area contributed by atoms with Crippen LogP contribution in [0.3, 0.4) is 0 Å². The highest BCUT2D eigenvalue weighted by Gasteiger charge is 2.13. The zero-order valence-electron chi connectivity index (χ0n) is 25.8. The van der Waals surface area contributed by atoms with Gasteiger partial charge in [0, 0.05) is 56.7 Å². The van der Waals surface area contributed by atoms with Crippen LogP contribution in [0.15, 0.2) is 48.5 Å². The molecule has 3 aliphatic rings. The third-order valence-electron chi connectivity index (χ3n) is 6.51. The van der Waals surface area contributed by atoms with E-state index in [9.17, 15) is 0 Å². The number of thiocarbonyl (C=S) groups is 1. The van der Waals surface area contributed by atoms with E-state index in [0.717, 1.165) is 50.6 Å². The summed E-state index contributed by atoms with van der Waals surface area (Å²) in [5, 5.41) is 6.96. The van der Waals surface area contributed by atoms with Gasteiger partial charge in [-0.3, -0.25) is 9.80 Å². The molecule has 0 radical (unpaired) electrons. The Labute approximate surface area is 274 Å². The van der Waals surface area contributed by atoms with E-state index in [1.807, 2.05) is 48.5 Å². The minimum Gasteiger partial charge on any atom is -0.488 e. The van der Waals surface area contributed by atoms with Crippen LogP contribution in [0.4, 0.5) is 11.4 Å². The van der Waals surface area contributed by atoms with Gasteiger partial charge in [-0.05, 0) is 36.5 Å². The van der Waals surface area contributed by atoms with Gasteiger partial charge in [0.2, 0.25) is 0 Å². The zero-order chi connectivity index (χ0) is 33.1. The molecule has 5 rings (SSSR count). The topological polar surface area (TPSA) is 154 Å². The summed E-state index contributed by atoms with van der Waals surface area (Å²) in [6, 6.07) is 15.6. The molecular weight excluding hydrogens is 620 g/mol. The number of nitrogens with one attached hydrogen (secondary N) is 2. The van der Waals surface area contributed by atoms with Crippen LogP contribution in [-0.2, 0) is 38.1 Å². The highest BCUT2D eigenvalue weighted by Crippen LogP contribution is 2.31. The summed E-state index contributed by atoms with van der Waals surface area (Å²) in [4.78, 5) is 37.1. The Balaban J connectivity index is 0.00000114. The molecule has 0 unspecified atom stereocenters. The van der Waals surface area contributed by atoms with Gasteiger partial charge in [0.1, 0.15) is 13.2 Å². The molecule has 2 N–H and O–H groups in total. The molecule has 0 atom stereocenters. The molecule has 0 aromatic heterocycles. The van der Waals surface area contributed by atoms with Gasteiger partial charge in [-0.2, -0.15) is 19.2 Å². The smallest absolute Gasteiger partial charge is 0.373 e. The van der Waals surface area contributed by atoms with Gasteiger partial charge in [0.15, 0.2) is 16.6 Å². The maximum atomic E-state index is 8.12. The molecule has 0 amide bonds. The molecule has 14 nitrogen and oxygen atoms in total. The Bertz CT molecular complexity index is 1150. The van der Waals surface area contributed by atoms with Gasteiger partial charge in [0.05, 0.1) is 52.9 Å². The Hall–Kier alpha value is -3.75. The first-order chi connectivity index (χ1) is 22.6. The third kappa shape index (κ3) is 17.7. The molecule has 3 heterocycles. The standard InChI is InChI=1S/C29H42N4O6S.2CO2/c40-29(30-25-4-2-1-3-5-25)31-26-6-7-27-28(24-26)39-19-13-33-10-16-36-22-20-34-14-8-32(12-18-38-27)9-15-35-21-23-37-17-11-33;2*2-1-3/h1-7,24H,8-23H2,(H2,30,31,40);;. The lowest BCUT2D eigenvalue weighted by Crippen LogP contribution is -2.36. The fourth-order valence-electron chi connectivity index (χ4n) is 4.29. The van der Waals surface area contributed by atoms with Crippen LogP contribution in [0.2, 0.25) is 0 Å². The van der Waals surface area contributed by atoms with Gasteiger partial charge < -0.3 is 39.1 Å². The van der Waals surface area contributed by atoms with E-state index < -0.39 is 0 Å². The van der Waals surface area contributed by atoms with Gasteiger partial charge in [-0.25, -0.2) is 0 Å². The SMILES string of the molecule is O=C=O.O=C=O.S=C(Nc1ccccc1)Nc1ccc2c(c1)OCCN1CCOCCOCCN(CCOCCOCC1)CCO2. The van der Waals surface area contributed by atoms with Gasteiger partial charge in [-0.15, -0.1) is 0 Å². The third-order valence-corrected chi connectivity index (χ3v) is 6.72. The molecule has 2 aromatic rings. The Kier molecular flexibility index (Phi) is 21.3. The van der Waals surface area contributed by atoms with E-state index in [0.29, 0.717) is 82.7 Å². The van der Waals surface area contributed by atoms with Crippen molar-refractivity contribution in [2.24, 2.45) is 0 Å². The van der Waals surface area contributed by atoms with Crippen LogP contribution < -0.4 is 20.1 Å². The lowest BCUT2D eigenvalue weighted by molar-refractivity contribution is -0.193. The van der Waals surface area contributed by atoms with E-state index >= 15 is 0 Å². The Morgan fingerprint density at radius 1 is 0.543 bits per heavy atom. The minimum atomic E-state index is 0.250. The van der Waals surface area contributed by atoms with E-state index in [1.54, 1.807) is 0 Å². The second kappa shape index (κ2) is 25.4. The summed E-state index contributed by atoms with van der Waals surface area (Å²) in [6.07, 6.45) is 0.500. The number of hydrogen-bond donors (Lipinski definition) is 2. The quantitative estimate of drug-likeness (QED) is 0.449. The molecule has 1 saturated heterocycles.